The molecule has 0 radical (unpaired) electrons. The molecule has 2 aromatic rings. The molecule has 0 saturated carbocycles. The van der Waals surface area contributed by atoms with Gasteiger partial charge in [0.15, 0.2) is 11.9 Å². The van der Waals surface area contributed by atoms with E-state index in [1.807, 2.05) is 0 Å². The second-order valence-corrected chi connectivity index (χ2v) is 4.76. The van der Waals surface area contributed by atoms with E-state index in [9.17, 15) is 9.18 Å². The highest BCUT2D eigenvalue weighted by Gasteiger charge is 2.33. The van der Waals surface area contributed by atoms with Crippen molar-refractivity contribution in [2.24, 2.45) is 0 Å². The maximum atomic E-state index is 14.2. The number of hydrogen-bond acceptors (Lipinski definition) is 7. The summed E-state index contributed by atoms with van der Waals surface area (Å²) in [6, 6.07) is 1.87. The molecule has 0 aromatic carbocycles. The molecule has 1 fully saturated rings. The van der Waals surface area contributed by atoms with Gasteiger partial charge in [-0.25, -0.2) is 19.2 Å². The summed E-state index contributed by atoms with van der Waals surface area (Å²) in [7, 11) is 0. The molecule has 3 rings (SSSR count). The highest BCUT2D eigenvalue weighted by Crippen LogP contribution is 2.23. The van der Waals surface area contributed by atoms with E-state index in [0.29, 0.717) is 13.0 Å². The van der Waals surface area contributed by atoms with E-state index in [-0.39, 0.29) is 24.3 Å². The van der Waals surface area contributed by atoms with Gasteiger partial charge >= 0.3 is 12.0 Å². The molecule has 1 N–H and O–H groups in total. The summed E-state index contributed by atoms with van der Waals surface area (Å²) < 4.78 is 24.7. The predicted molar refractivity (Wildman–Crippen MR) is 71.6 cm³/mol. The number of ether oxygens (including phenoxy) is 1. The zero-order valence-electron chi connectivity index (χ0n) is 11.4. The second-order valence-electron chi connectivity index (χ2n) is 4.76. The van der Waals surface area contributed by atoms with Crippen molar-refractivity contribution < 1.29 is 23.4 Å². The van der Waals surface area contributed by atoms with Crippen LogP contribution in [0, 0.1) is 0 Å². The Bertz CT molecular complexity index is 650. The number of carboxylic acids is 1. The molecule has 1 aliphatic heterocycles. The number of oxazole rings is 1. The number of anilines is 1. The van der Waals surface area contributed by atoms with E-state index < -0.39 is 18.2 Å². The fourth-order valence-corrected chi connectivity index (χ4v) is 2.18. The fraction of sp³-hybridized carbons (Fsp3) is 0.385. The van der Waals surface area contributed by atoms with E-state index in [1.165, 1.54) is 12.4 Å². The first-order chi connectivity index (χ1) is 10.6. The minimum Gasteiger partial charge on any atom is -0.476 e. The van der Waals surface area contributed by atoms with Crippen LogP contribution in [0.3, 0.4) is 0 Å². The molecule has 3 heterocycles. The average molecular weight is 308 g/mol. The van der Waals surface area contributed by atoms with Crippen LogP contribution < -0.4 is 9.64 Å². The van der Waals surface area contributed by atoms with Gasteiger partial charge in [0.05, 0.1) is 6.54 Å². The first-order valence-electron chi connectivity index (χ1n) is 6.65. The van der Waals surface area contributed by atoms with Gasteiger partial charge in [-0.3, -0.25) is 0 Å². The molecule has 8 nitrogen and oxygen atoms in total. The van der Waals surface area contributed by atoms with Crippen molar-refractivity contribution in [3.05, 3.63) is 30.4 Å². The Morgan fingerprint density at radius 1 is 1.45 bits per heavy atom. The zero-order valence-corrected chi connectivity index (χ0v) is 11.4. The summed E-state index contributed by atoms with van der Waals surface area (Å²) in [5.74, 6) is -1.19. The van der Waals surface area contributed by atoms with E-state index in [2.05, 4.69) is 15.0 Å². The van der Waals surface area contributed by atoms with Crippen LogP contribution in [0.15, 0.2) is 29.1 Å². The Morgan fingerprint density at radius 3 is 2.86 bits per heavy atom. The molecule has 0 amide bonds. The summed E-state index contributed by atoms with van der Waals surface area (Å²) in [4.78, 5) is 23.9. The number of carbonyl (C=O) groups is 1. The SMILES string of the molecule is O=C(O)c1coc(N2CC[C@@H](Oc3ncccn3)[C@@H](F)C2)n1. The van der Waals surface area contributed by atoms with E-state index in [0.717, 1.165) is 6.26 Å². The Morgan fingerprint density at radius 2 is 2.23 bits per heavy atom. The first-order valence-corrected chi connectivity index (χ1v) is 6.65. The van der Waals surface area contributed by atoms with Crippen LogP contribution in [0.5, 0.6) is 6.01 Å². The summed E-state index contributed by atoms with van der Waals surface area (Å²) in [6.45, 7) is 0.425. The van der Waals surface area contributed by atoms with Crippen LogP contribution in [-0.4, -0.2) is 51.4 Å². The molecule has 2 aromatic heterocycles. The minimum atomic E-state index is -1.29. The van der Waals surface area contributed by atoms with Gasteiger partial charge in [0.25, 0.3) is 6.01 Å². The van der Waals surface area contributed by atoms with E-state index in [4.69, 9.17) is 14.3 Å². The molecule has 1 saturated heterocycles. The first kappa shape index (κ1) is 14.2. The molecule has 9 heteroatoms. The zero-order chi connectivity index (χ0) is 15.5. The van der Waals surface area contributed by atoms with Crippen LogP contribution in [0.1, 0.15) is 16.9 Å². The van der Waals surface area contributed by atoms with E-state index in [1.54, 1.807) is 11.0 Å². The van der Waals surface area contributed by atoms with Gasteiger partial charge < -0.3 is 19.2 Å². The van der Waals surface area contributed by atoms with Gasteiger partial charge in [0.2, 0.25) is 0 Å². The molecule has 22 heavy (non-hydrogen) atoms. The number of rotatable bonds is 4. The Balaban J connectivity index is 1.63. The van der Waals surface area contributed by atoms with E-state index >= 15 is 0 Å². The van der Waals surface area contributed by atoms with Gasteiger partial charge in [-0.15, -0.1) is 0 Å². The summed E-state index contributed by atoms with van der Waals surface area (Å²) in [5.41, 5.74) is -0.207. The quantitative estimate of drug-likeness (QED) is 0.897. The molecular formula is C13H13FN4O4. The molecule has 0 bridgehead atoms. The van der Waals surface area contributed by atoms with Gasteiger partial charge in [-0.1, -0.05) is 0 Å². The third kappa shape index (κ3) is 2.97. The highest BCUT2D eigenvalue weighted by atomic mass is 19.1. The molecule has 1 aliphatic rings. The number of hydrogen-bond donors (Lipinski definition) is 1. The number of carboxylic acid groups (broad SMARTS) is 1. The lowest BCUT2D eigenvalue weighted by atomic mass is 10.1. The molecule has 116 valence electrons. The van der Waals surface area contributed by atoms with Crippen LogP contribution in [0.25, 0.3) is 0 Å². The topological polar surface area (TPSA) is 102 Å². The van der Waals surface area contributed by atoms with Crippen molar-refractivity contribution in [1.82, 2.24) is 15.0 Å². The largest absolute Gasteiger partial charge is 0.476 e. The predicted octanol–water partition coefficient (Wildman–Crippen LogP) is 1.16. The highest BCUT2D eigenvalue weighted by molar-refractivity contribution is 5.85. The lowest BCUT2D eigenvalue weighted by molar-refractivity contribution is 0.0689. The Hall–Kier alpha value is -2.71. The van der Waals surface area contributed by atoms with Crippen LogP contribution in [0.4, 0.5) is 10.4 Å². The maximum Gasteiger partial charge on any atom is 0.357 e. The van der Waals surface area contributed by atoms with Crippen molar-refractivity contribution >= 4 is 12.0 Å². The second kappa shape index (κ2) is 5.96. The van der Waals surface area contributed by atoms with Crippen LogP contribution in [-0.2, 0) is 0 Å². The van der Waals surface area contributed by atoms with Crippen molar-refractivity contribution in [2.75, 3.05) is 18.0 Å². The van der Waals surface area contributed by atoms with Crippen molar-refractivity contribution in [1.29, 1.82) is 0 Å². The normalized spacial score (nSPS) is 21.6. The molecule has 2 atom stereocenters. The Kier molecular flexibility index (Phi) is 3.86. The lowest BCUT2D eigenvalue weighted by Crippen LogP contribution is -2.47. The lowest BCUT2D eigenvalue weighted by Gasteiger charge is -2.33. The third-order valence-corrected chi connectivity index (χ3v) is 3.26. The monoisotopic (exact) mass is 308 g/mol. The van der Waals surface area contributed by atoms with Crippen molar-refractivity contribution in [3.63, 3.8) is 0 Å². The number of halogens is 1. The number of piperidine rings is 1. The standard InChI is InChI=1S/C13H13FN4O4/c14-8-6-18(13-17-9(7-21-13)11(19)20)5-2-10(8)22-12-15-3-1-4-16-12/h1,3-4,7-8,10H,2,5-6H2,(H,19,20)/t8-,10+/m0/s1. The summed E-state index contributed by atoms with van der Waals surface area (Å²) >= 11 is 0. The smallest absolute Gasteiger partial charge is 0.357 e. The number of aromatic nitrogens is 3. The maximum absolute atomic E-state index is 14.2. The van der Waals surface area contributed by atoms with Crippen molar-refractivity contribution in [3.8, 4) is 6.01 Å². The summed E-state index contributed by atoms with van der Waals surface area (Å²) in [5, 5.41) is 8.81. The van der Waals surface area contributed by atoms with Gasteiger partial charge in [-0.05, 0) is 6.07 Å². The molecule has 0 unspecified atom stereocenters. The number of nitrogens with zero attached hydrogens (tertiary/aromatic N) is 4. The van der Waals surface area contributed by atoms with Gasteiger partial charge in [-0.2, -0.15) is 4.98 Å². The van der Waals surface area contributed by atoms with Crippen LogP contribution in [0.2, 0.25) is 0 Å². The van der Waals surface area contributed by atoms with Gasteiger partial charge in [0, 0.05) is 25.4 Å². The van der Waals surface area contributed by atoms with Crippen molar-refractivity contribution in [2.45, 2.75) is 18.7 Å². The number of aromatic carboxylic acids is 1. The average Bonchev–Trinajstić information content (AvgIpc) is 3.00. The summed E-state index contributed by atoms with van der Waals surface area (Å²) in [6.07, 6.45) is 2.50. The van der Waals surface area contributed by atoms with Gasteiger partial charge in [0.1, 0.15) is 12.4 Å². The fourth-order valence-electron chi connectivity index (χ4n) is 2.18. The van der Waals surface area contributed by atoms with Crippen LogP contribution >= 0.6 is 0 Å². The third-order valence-electron chi connectivity index (χ3n) is 3.26. The molecule has 0 aliphatic carbocycles. The molecule has 0 spiro atoms. The molecular weight excluding hydrogens is 295 g/mol. The number of alkyl halides is 1. The Labute approximate surface area is 124 Å². The minimum absolute atomic E-state index is 0.00290.